The Morgan fingerprint density at radius 2 is 2.08 bits per heavy atom. The van der Waals surface area contributed by atoms with E-state index in [2.05, 4.69) is 20.6 Å². The Balaban J connectivity index is 0.00000113. The van der Waals surface area contributed by atoms with Crippen molar-refractivity contribution in [3.63, 3.8) is 0 Å². The van der Waals surface area contributed by atoms with Gasteiger partial charge in [0.25, 0.3) is 0 Å². The lowest BCUT2D eigenvalue weighted by atomic mass is 9.85. The van der Waals surface area contributed by atoms with Gasteiger partial charge in [0.2, 0.25) is 5.91 Å². The van der Waals surface area contributed by atoms with Gasteiger partial charge in [-0.05, 0) is 43.4 Å². The third-order valence-corrected chi connectivity index (χ3v) is 5.10. The van der Waals surface area contributed by atoms with Gasteiger partial charge >= 0.3 is 0 Å². The molecule has 1 aromatic carbocycles. The number of aromatic amines is 1. The molecule has 5 nitrogen and oxygen atoms in total. The highest BCUT2D eigenvalue weighted by Crippen LogP contribution is 2.33. The highest BCUT2D eigenvalue weighted by molar-refractivity contribution is 5.85. The minimum Gasteiger partial charge on any atom is -0.348 e. The maximum absolute atomic E-state index is 13.2. The molecule has 25 heavy (non-hydrogen) atoms. The maximum Gasteiger partial charge on any atom is 0.237 e. The SMILES string of the molecule is Cl.Cl.O=C(NCc1nc2ccc(F)cc2[nH]1)C1CC2CCCCC2N1. The summed E-state index contributed by atoms with van der Waals surface area (Å²) < 4.78 is 13.2. The topological polar surface area (TPSA) is 69.8 Å². The fraction of sp³-hybridized carbons (Fsp3) is 0.529. The van der Waals surface area contributed by atoms with E-state index in [0.717, 1.165) is 6.42 Å². The van der Waals surface area contributed by atoms with Gasteiger partial charge in [-0.3, -0.25) is 4.79 Å². The molecule has 2 fully saturated rings. The zero-order chi connectivity index (χ0) is 15.8. The first kappa shape index (κ1) is 19.9. The van der Waals surface area contributed by atoms with Gasteiger partial charge in [-0.1, -0.05) is 12.8 Å². The van der Waals surface area contributed by atoms with Crippen molar-refractivity contribution in [3.05, 3.63) is 29.8 Å². The summed E-state index contributed by atoms with van der Waals surface area (Å²) >= 11 is 0. The molecule has 3 unspecified atom stereocenters. The number of nitrogens with zero attached hydrogens (tertiary/aromatic N) is 1. The normalized spacial score (nSPS) is 24.9. The van der Waals surface area contributed by atoms with Crippen LogP contribution in [0.15, 0.2) is 18.2 Å². The summed E-state index contributed by atoms with van der Waals surface area (Å²) in [4.78, 5) is 19.8. The molecule has 4 rings (SSSR count). The molecule has 2 aromatic rings. The molecule has 3 atom stereocenters. The third kappa shape index (κ3) is 4.25. The Bertz CT molecular complexity index is 725. The number of nitrogens with one attached hydrogen (secondary N) is 3. The summed E-state index contributed by atoms with van der Waals surface area (Å²) in [6.45, 7) is 0.336. The number of imidazole rings is 1. The van der Waals surface area contributed by atoms with E-state index in [0.29, 0.717) is 35.4 Å². The van der Waals surface area contributed by atoms with Gasteiger partial charge in [-0.2, -0.15) is 0 Å². The minimum absolute atomic E-state index is 0. The number of aromatic nitrogens is 2. The van der Waals surface area contributed by atoms with Crippen molar-refractivity contribution < 1.29 is 9.18 Å². The van der Waals surface area contributed by atoms with Crippen LogP contribution in [0.4, 0.5) is 4.39 Å². The fourth-order valence-electron chi connectivity index (χ4n) is 3.93. The Kier molecular flexibility index (Phi) is 6.65. The van der Waals surface area contributed by atoms with Crippen LogP contribution < -0.4 is 10.6 Å². The van der Waals surface area contributed by atoms with E-state index in [1.807, 2.05) is 0 Å². The number of carbonyl (C=O) groups is 1. The van der Waals surface area contributed by atoms with Gasteiger partial charge in [0.05, 0.1) is 23.6 Å². The van der Waals surface area contributed by atoms with Gasteiger partial charge in [0, 0.05) is 6.04 Å². The second-order valence-electron chi connectivity index (χ2n) is 6.67. The number of rotatable bonds is 3. The number of fused-ring (bicyclic) bond motifs is 2. The van der Waals surface area contributed by atoms with Crippen LogP contribution in [0.5, 0.6) is 0 Å². The van der Waals surface area contributed by atoms with E-state index in [-0.39, 0.29) is 42.6 Å². The summed E-state index contributed by atoms with van der Waals surface area (Å²) in [5.41, 5.74) is 1.36. The first-order chi connectivity index (χ1) is 11.2. The number of benzene rings is 1. The van der Waals surface area contributed by atoms with Crippen molar-refractivity contribution >= 4 is 41.8 Å². The van der Waals surface area contributed by atoms with E-state index in [9.17, 15) is 9.18 Å². The largest absolute Gasteiger partial charge is 0.348 e. The summed E-state index contributed by atoms with van der Waals surface area (Å²) in [5, 5.41) is 6.41. The summed E-state index contributed by atoms with van der Waals surface area (Å²) in [6, 6.07) is 4.85. The highest BCUT2D eigenvalue weighted by Gasteiger charge is 2.38. The summed E-state index contributed by atoms with van der Waals surface area (Å²) in [7, 11) is 0. The number of H-pyrrole nitrogens is 1. The van der Waals surface area contributed by atoms with Crippen LogP contribution in [-0.4, -0.2) is 28.0 Å². The van der Waals surface area contributed by atoms with Crippen LogP contribution >= 0.6 is 24.8 Å². The van der Waals surface area contributed by atoms with Crippen LogP contribution in [0.25, 0.3) is 11.0 Å². The van der Waals surface area contributed by atoms with Crippen molar-refractivity contribution in [2.45, 2.75) is 50.7 Å². The minimum atomic E-state index is -0.297. The predicted octanol–water partition coefficient (Wildman–Crippen LogP) is 3.08. The molecule has 1 saturated carbocycles. The molecule has 1 aliphatic heterocycles. The van der Waals surface area contributed by atoms with Crippen LogP contribution in [-0.2, 0) is 11.3 Å². The average Bonchev–Trinajstić information content (AvgIpc) is 3.15. The van der Waals surface area contributed by atoms with Crippen LogP contribution in [0, 0.1) is 11.7 Å². The quantitative estimate of drug-likeness (QED) is 0.756. The van der Waals surface area contributed by atoms with E-state index in [1.54, 1.807) is 6.07 Å². The molecule has 8 heteroatoms. The van der Waals surface area contributed by atoms with Gasteiger partial charge in [-0.25, -0.2) is 9.37 Å². The molecule has 1 saturated heterocycles. The fourth-order valence-corrected chi connectivity index (χ4v) is 3.93. The lowest BCUT2D eigenvalue weighted by molar-refractivity contribution is -0.123. The van der Waals surface area contributed by atoms with Crippen molar-refractivity contribution in [1.29, 1.82) is 0 Å². The van der Waals surface area contributed by atoms with Crippen LogP contribution in [0.2, 0.25) is 0 Å². The molecule has 1 aliphatic carbocycles. The van der Waals surface area contributed by atoms with E-state index in [4.69, 9.17) is 0 Å². The second-order valence-corrected chi connectivity index (χ2v) is 6.67. The van der Waals surface area contributed by atoms with E-state index in [1.165, 1.54) is 37.8 Å². The highest BCUT2D eigenvalue weighted by atomic mass is 35.5. The summed E-state index contributed by atoms with van der Waals surface area (Å²) in [5.74, 6) is 1.03. The van der Waals surface area contributed by atoms with Gasteiger partial charge in [0.15, 0.2) is 0 Å². The van der Waals surface area contributed by atoms with Crippen LogP contribution in [0.1, 0.15) is 37.9 Å². The Labute approximate surface area is 158 Å². The Morgan fingerprint density at radius 1 is 1.28 bits per heavy atom. The Hall–Kier alpha value is -1.37. The monoisotopic (exact) mass is 388 g/mol. The molecular weight excluding hydrogens is 366 g/mol. The first-order valence-electron chi connectivity index (χ1n) is 8.37. The zero-order valence-corrected chi connectivity index (χ0v) is 15.4. The van der Waals surface area contributed by atoms with Crippen LogP contribution in [0.3, 0.4) is 0 Å². The number of hydrogen-bond acceptors (Lipinski definition) is 3. The number of hydrogen-bond donors (Lipinski definition) is 3. The third-order valence-electron chi connectivity index (χ3n) is 5.10. The molecule has 1 amide bonds. The zero-order valence-electron chi connectivity index (χ0n) is 13.8. The molecule has 2 heterocycles. The number of halogens is 3. The molecule has 0 radical (unpaired) electrons. The maximum atomic E-state index is 13.2. The number of carbonyl (C=O) groups excluding carboxylic acids is 1. The summed E-state index contributed by atoms with van der Waals surface area (Å²) in [6.07, 6.45) is 5.90. The molecule has 3 N–H and O–H groups in total. The Morgan fingerprint density at radius 3 is 2.88 bits per heavy atom. The first-order valence-corrected chi connectivity index (χ1v) is 8.37. The van der Waals surface area contributed by atoms with Crippen molar-refractivity contribution in [1.82, 2.24) is 20.6 Å². The van der Waals surface area contributed by atoms with Gasteiger partial charge in [0.1, 0.15) is 11.6 Å². The molecule has 0 bridgehead atoms. The predicted molar refractivity (Wildman–Crippen MR) is 99.7 cm³/mol. The second kappa shape index (κ2) is 8.34. The lowest BCUT2D eigenvalue weighted by Gasteiger charge is -2.24. The van der Waals surface area contributed by atoms with E-state index < -0.39 is 0 Å². The molecule has 138 valence electrons. The molecule has 1 aromatic heterocycles. The lowest BCUT2D eigenvalue weighted by Crippen LogP contribution is -2.43. The van der Waals surface area contributed by atoms with E-state index >= 15 is 0 Å². The molecule has 2 aliphatic rings. The van der Waals surface area contributed by atoms with Crippen molar-refractivity contribution in [2.75, 3.05) is 0 Å². The molecular formula is C17H23Cl2FN4O. The van der Waals surface area contributed by atoms with Crippen molar-refractivity contribution in [3.8, 4) is 0 Å². The smallest absolute Gasteiger partial charge is 0.237 e. The number of amides is 1. The standard InChI is InChI=1S/C17H21FN4O.2ClH/c18-11-5-6-13-14(8-11)22-16(21-13)9-19-17(23)15-7-10-3-1-2-4-12(10)20-15;;/h5-6,8,10,12,15,20H,1-4,7,9H2,(H,19,23)(H,21,22);2*1H. The van der Waals surface area contributed by atoms with Crippen molar-refractivity contribution in [2.24, 2.45) is 5.92 Å². The molecule has 0 spiro atoms. The average molecular weight is 389 g/mol. The van der Waals surface area contributed by atoms with Gasteiger partial charge < -0.3 is 15.6 Å². The van der Waals surface area contributed by atoms with Gasteiger partial charge in [-0.15, -0.1) is 24.8 Å².